The van der Waals surface area contributed by atoms with Crippen LogP contribution in [0.5, 0.6) is 0 Å². The lowest BCUT2D eigenvalue weighted by molar-refractivity contribution is 0.568. The van der Waals surface area contributed by atoms with Crippen molar-refractivity contribution in [3.05, 3.63) is 143 Å². The monoisotopic (exact) mass is 744 g/mol. The van der Waals surface area contributed by atoms with Crippen molar-refractivity contribution in [2.24, 2.45) is 0 Å². The van der Waals surface area contributed by atoms with E-state index >= 15 is 0 Å². The quantitative estimate of drug-likeness (QED) is 0.165. The highest BCUT2D eigenvalue weighted by Crippen LogP contribution is 2.60. The number of hydrogen-bond donors (Lipinski definition) is 0. The number of rotatable bonds is 2. The summed E-state index contributed by atoms with van der Waals surface area (Å²) in [7, 11) is 0. The van der Waals surface area contributed by atoms with Crippen molar-refractivity contribution in [2.45, 2.75) is 124 Å². The van der Waals surface area contributed by atoms with Crippen molar-refractivity contribution < 1.29 is 0 Å². The summed E-state index contributed by atoms with van der Waals surface area (Å²) in [6.45, 7) is 33.2. The molecule has 0 saturated heterocycles. The average molecular weight is 745 g/mol. The molecule has 288 valence electrons. The van der Waals surface area contributed by atoms with E-state index in [4.69, 9.17) is 0 Å². The van der Waals surface area contributed by atoms with Gasteiger partial charge in [0, 0.05) is 5.41 Å². The van der Waals surface area contributed by atoms with Crippen LogP contribution in [0.25, 0.3) is 77.2 Å². The van der Waals surface area contributed by atoms with Crippen molar-refractivity contribution >= 4 is 21.5 Å². The Morgan fingerprint density at radius 2 is 0.754 bits per heavy atom. The lowest BCUT2D eigenvalue weighted by atomic mass is 9.74. The molecule has 0 nitrogen and oxygen atoms in total. The zero-order valence-electron chi connectivity index (χ0n) is 36.9. The van der Waals surface area contributed by atoms with Crippen molar-refractivity contribution in [1.82, 2.24) is 0 Å². The van der Waals surface area contributed by atoms with Crippen LogP contribution in [-0.4, -0.2) is 0 Å². The van der Waals surface area contributed by atoms with Gasteiger partial charge in [-0.25, -0.2) is 0 Å². The molecule has 0 amide bonds. The molecule has 0 heterocycles. The zero-order chi connectivity index (χ0) is 40.8. The molecule has 0 saturated carbocycles. The Labute approximate surface area is 342 Å². The molecule has 7 aromatic carbocycles. The molecule has 7 aromatic rings. The van der Waals surface area contributed by atoms with Crippen LogP contribution in [0.1, 0.15) is 130 Å². The molecule has 0 heteroatoms. The third-order valence-corrected chi connectivity index (χ3v) is 13.4. The highest BCUT2D eigenvalue weighted by molar-refractivity contribution is 6.28. The Hall–Kier alpha value is -4.94. The maximum absolute atomic E-state index is 2.62. The van der Waals surface area contributed by atoms with Crippen molar-refractivity contribution in [1.29, 1.82) is 0 Å². The van der Waals surface area contributed by atoms with E-state index in [2.05, 4.69) is 206 Å². The Balaban J connectivity index is 1.56. The van der Waals surface area contributed by atoms with Crippen molar-refractivity contribution in [2.75, 3.05) is 0 Å². The number of hydrogen-bond acceptors (Lipinski definition) is 0. The second kappa shape index (κ2) is 12.0. The van der Waals surface area contributed by atoms with Crippen LogP contribution in [-0.2, 0) is 27.1 Å². The Kier molecular flexibility index (Phi) is 7.95. The molecule has 0 radical (unpaired) electrons. The van der Waals surface area contributed by atoms with E-state index < -0.39 is 0 Å². The Bertz CT molecular complexity index is 2750. The first-order valence-corrected chi connectivity index (χ1v) is 21.2. The maximum Gasteiger partial charge on any atom is 0.0159 e. The fourth-order valence-corrected chi connectivity index (χ4v) is 9.85. The highest BCUT2D eigenvalue weighted by Gasteiger charge is 2.38. The predicted molar refractivity (Wildman–Crippen MR) is 249 cm³/mol. The molecular formula is C57H60. The third kappa shape index (κ3) is 5.76. The van der Waals surface area contributed by atoms with Gasteiger partial charge >= 0.3 is 0 Å². The first-order chi connectivity index (χ1) is 26.5. The second-order valence-electron chi connectivity index (χ2n) is 21.9. The zero-order valence-corrected chi connectivity index (χ0v) is 36.9. The average Bonchev–Trinajstić information content (AvgIpc) is 3.57. The second-order valence-corrected chi connectivity index (χ2v) is 21.9. The molecule has 0 aromatic heterocycles. The number of benzene rings is 7. The molecule has 0 unspecified atom stereocenters. The van der Waals surface area contributed by atoms with Gasteiger partial charge in [-0.1, -0.05) is 194 Å². The van der Waals surface area contributed by atoms with E-state index in [1.54, 1.807) is 0 Å². The molecule has 2 aliphatic rings. The molecule has 0 atom stereocenters. The van der Waals surface area contributed by atoms with Gasteiger partial charge in [0.15, 0.2) is 0 Å². The van der Waals surface area contributed by atoms with Gasteiger partial charge in [0.25, 0.3) is 0 Å². The minimum absolute atomic E-state index is 0.0143. The Morgan fingerprint density at radius 1 is 0.351 bits per heavy atom. The van der Waals surface area contributed by atoms with Gasteiger partial charge in [0.1, 0.15) is 0 Å². The molecule has 0 N–H and O–H groups in total. The minimum atomic E-state index is -0.130. The lowest BCUT2D eigenvalue weighted by Crippen LogP contribution is -2.17. The fraction of sp³-hybridized carbons (Fsp3) is 0.333. The molecule has 0 fully saturated rings. The molecular weight excluding hydrogens is 685 g/mol. The van der Waals surface area contributed by atoms with Crippen LogP contribution in [0.4, 0.5) is 0 Å². The van der Waals surface area contributed by atoms with Gasteiger partial charge in [-0.2, -0.15) is 0 Å². The van der Waals surface area contributed by atoms with Crippen molar-refractivity contribution in [3.8, 4) is 55.6 Å². The summed E-state index contributed by atoms with van der Waals surface area (Å²) in [6, 6.07) is 43.3. The molecule has 0 aliphatic heterocycles. The van der Waals surface area contributed by atoms with E-state index in [-0.39, 0.29) is 27.1 Å². The molecule has 0 bridgehead atoms. The van der Waals surface area contributed by atoms with Gasteiger partial charge in [-0.15, -0.1) is 0 Å². The number of fused-ring (bicyclic) bond motifs is 7. The lowest BCUT2D eigenvalue weighted by Gasteiger charge is -2.29. The van der Waals surface area contributed by atoms with E-state index in [0.29, 0.717) is 0 Å². The summed E-state index contributed by atoms with van der Waals surface area (Å²) >= 11 is 0. The molecule has 9 rings (SSSR count). The van der Waals surface area contributed by atoms with Gasteiger partial charge in [-0.3, -0.25) is 0 Å². The summed E-state index contributed by atoms with van der Waals surface area (Å²) in [5.41, 5.74) is 21.7. The largest absolute Gasteiger partial charge is 0.0619 e. The summed E-state index contributed by atoms with van der Waals surface area (Å²) in [6.07, 6.45) is 0. The van der Waals surface area contributed by atoms with Crippen molar-refractivity contribution in [3.63, 3.8) is 0 Å². The van der Waals surface area contributed by atoms with Gasteiger partial charge in [0.2, 0.25) is 0 Å². The molecule has 57 heavy (non-hydrogen) atoms. The summed E-state index contributed by atoms with van der Waals surface area (Å²) in [5, 5.41) is 5.36. The van der Waals surface area contributed by atoms with E-state index in [1.807, 2.05) is 0 Å². The normalized spacial score (nSPS) is 14.6. The third-order valence-electron chi connectivity index (χ3n) is 13.4. The summed E-state index contributed by atoms with van der Waals surface area (Å²) < 4.78 is 0. The van der Waals surface area contributed by atoms with Crippen LogP contribution >= 0.6 is 0 Å². The summed E-state index contributed by atoms with van der Waals surface area (Å²) in [5.74, 6) is 0. The van der Waals surface area contributed by atoms with Crippen LogP contribution < -0.4 is 0 Å². The van der Waals surface area contributed by atoms with Crippen LogP contribution in [0.15, 0.2) is 109 Å². The topological polar surface area (TPSA) is 0 Å². The molecule has 2 aliphatic carbocycles. The van der Waals surface area contributed by atoms with Crippen LogP contribution in [0, 0.1) is 0 Å². The van der Waals surface area contributed by atoms with E-state index in [1.165, 1.54) is 111 Å². The molecule has 0 spiro atoms. The summed E-state index contributed by atoms with van der Waals surface area (Å²) in [4.78, 5) is 0. The van der Waals surface area contributed by atoms with Crippen LogP contribution in [0.2, 0.25) is 0 Å². The smallest absolute Gasteiger partial charge is 0.0159 e. The Morgan fingerprint density at radius 3 is 1.19 bits per heavy atom. The first kappa shape index (κ1) is 37.6. The standard InChI is InChI=1S/C57H60/c1-53(2,3)36-25-34(26-37(29-36)54(4,5)6)49-44-31-43-40-21-15-16-24-46(40)57(13,14)47(43)32-45(44)50(35-27-38(55(7,8)9)30-39(28-35)56(10,11)12)52-42-23-18-20-33-19-17-22-41(48(33)42)51(49)52/h15-32H,1-14H3. The van der Waals surface area contributed by atoms with E-state index in [0.717, 1.165) is 0 Å². The van der Waals surface area contributed by atoms with Crippen LogP contribution in [0.3, 0.4) is 0 Å². The first-order valence-electron chi connectivity index (χ1n) is 21.2. The highest BCUT2D eigenvalue weighted by atomic mass is 14.4. The minimum Gasteiger partial charge on any atom is -0.0619 e. The van der Waals surface area contributed by atoms with Gasteiger partial charge in [0.05, 0.1) is 0 Å². The fourth-order valence-electron chi connectivity index (χ4n) is 9.85. The van der Waals surface area contributed by atoms with E-state index in [9.17, 15) is 0 Å². The van der Waals surface area contributed by atoms with Gasteiger partial charge in [-0.05, 0) is 144 Å². The maximum atomic E-state index is 2.62. The van der Waals surface area contributed by atoms with Gasteiger partial charge < -0.3 is 0 Å². The predicted octanol–water partition coefficient (Wildman–Crippen LogP) is 16.5. The SMILES string of the molecule is CC(C)(C)c1cc(-c2c3c(c(-c4cc(C(C)(C)C)cc(C(C)(C)C)c4)c4cc5c(cc24)-c2ccccc2C5(C)C)-c2cccc4cccc-3c24)cc(C(C)(C)C)c1.